The van der Waals surface area contributed by atoms with Gasteiger partial charge in [-0.1, -0.05) is 47.5 Å². The summed E-state index contributed by atoms with van der Waals surface area (Å²) in [5.74, 6) is 0.871. The van der Waals surface area contributed by atoms with E-state index < -0.39 is 0 Å². The van der Waals surface area contributed by atoms with Crippen molar-refractivity contribution in [2.24, 2.45) is 11.8 Å². The average molecular weight is 562 g/mol. The number of ether oxygens (including phenoxy) is 1. The van der Waals surface area contributed by atoms with Crippen molar-refractivity contribution in [3.63, 3.8) is 0 Å². The molecule has 3 aromatic rings. The van der Waals surface area contributed by atoms with Gasteiger partial charge in [-0.05, 0) is 94.1 Å². The van der Waals surface area contributed by atoms with Crippen LogP contribution < -0.4 is 0 Å². The SMILES string of the molecule is COC(=O)CCC[C@@H]1[C@H]2CCCN3CCC[C@@H](CN1C(=O)c1cc4ccc(Cl)cc4n1Cc1cccc(C)c1)[C@@H]23. The van der Waals surface area contributed by atoms with Crippen LogP contribution in [0, 0.1) is 18.8 Å². The van der Waals surface area contributed by atoms with Crippen molar-refractivity contribution in [1.82, 2.24) is 14.4 Å². The third kappa shape index (κ3) is 5.28. The molecule has 0 spiro atoms. The maximum absolute atomic E-state index is 14.7. The number of esters is 1. The highest BCUT2D eigenvalue weighted by Crippen LogP contribution is 2.44. The van der Waals surface area contributed by atoms with Crippen LogP contribution in [0.15, 0.2) is 48.5 Å². The molecule has 0 unspecified atom stereocenters. The number of amides is 1. The van der Waals surface area contributed by atoms with Gasteiger partial charge in [0.15, 0.2) is 0 Å². The number of carbonyl (C=O) groups is 2. The van der Waals surface area contributed by atoms with E-state index in [1.54, 1.807) is 0 Å². The molecule has 3 aliphatic rings. The van der Waals surface area contributed by atoms with Gasteiger partial charge in [-0.2, -0.15) is 0 Å². The van der Waals surface area contributed by atoms with Crippen LogP contribution in [0.1, 0.15) is 66.6 Å². The molecule has 7 heteroatoms. The smallest absolute Gasteiger partial charge is 0.305 e. The summed E-state index contributed by atoms with van der Waals surface area (Å²) in [4.78, 5) is 31.6. The van der Waals surface area contributed by atoms with Crippen molar-refractivity contribution in [2.75, 3.05) is 26.7 Å². The molecule has 2 aromatic carbocycles. The van der Waals surface area contributed by atoms with Crippen molar-refractivity contribution in [3.8, 4) is 0 Å². The Morgan fingerprint density at radius 3 is 2.67 bits per heavy atom. The number of piperidine rings is 3. The number of aryl methyl sites for hydroxylation is 1. The molecular formula is C33H40ClN3O3. The van der Waals surface area contributed by atoms with Crippen LogP contribution in [0.3, 0.4) is 0 Å². The maximum Gasteiger partial charge on any atom is 0.305 e. The molecule has 0 bridgehead atoms. The maximum atomic E-state index is 14.7. The molecule has 0 N–H and O–H groups in total. The van der Waals surface area contributed by atoms with Gasteiger partial charge in [0.05, 0.1) is 12.6 Å². The molecule has 3 fully saturated rings. The summed E-state index contributed by atoms with van der Waals surface area (Å²) >= 11 is 6.46. The molecule has 3 saturated heterocycles. The Morgan fingerprint density at radius 1 is 1.05 bits per heavy atom. The fourth-order valence-corrected chi connectivity index (χ4v) is 8.04. The Morgan fingerprint density at radius 2 is 1.88 bits per heavy atom. The van der Waals surface area contributed by atoms with Gasteiger partial charge in [0.1, 0.15) is 5.69 Å². The number of benzene rings is 2. The predicted molar refractivity (Wildman–Crippen MR) is 159 cm³/mol. The van der Waals surface area contributed by atoms with Crippen LogP contribution >= 0.6 is 11.6 Å². The monoisotopic (exact) mass is 561 g/mol. The lowest BCUT2D eigenvalue weighted by Crippen LogP contribution is -2.65. The Labute approximate surface area is 242 Å². The number of methoxy groups -OCH3 is 1. The highest BCUT2D eigenvalue weighted by atomic mass is 35.5. The Kier molecular flexibility index (Phi) is 7.91. The summed E-state index contributed by atoms with van der Waals surface area (Å²) in [5.41, 5.74) is 4.07. The first-order valence-electron chi connectivity index (χ1n) is 14.9. The Bertz CT molecular complexity index is 1400. The Hall–Kier alpha value is -2.83. The third-order valence-electron chi connectivity index (χ3n) is 9.55. The molecule has 0 radical (unpaired) electrons. The molecule has 6 nitrogen and oxygen atoms in total. The van der Waals surface area contributed by atoms with Crippen LogP contribution in [0.5, 0.6) is 0 Å². The fraction of sp³-hybridized carbons (Fsp3) is 0.515. The number of hydrogen-bond acceptors (Lipinski definition) is 4. The lowest BCUT2D eigenvalue weighted by atomic mass is 9.69. The molecule has 1 aromatic heterocycles. The van der Waals surface area contributed by atoms with Crippen molar-refractivity contribution in [2.45, 2.75) is 70.5 Å². The normalized spacial score (nSPS) is 24.6. The quantitative estimate of drug-likeness (QED) is 0.317. The zero-order valence-corrected chi connectivity index (χ0v) is 24.4. The summed E-state index contributed by atoms with van der Waals surface area (Å²) in [6.45, 7) is 5.84. The van der Waals surface area contributed by atoms with Gasteiger partial charge in [-0.15, -0.1) is 0 Å². The van der Waals surface area contributed by atoms with E-state index in [2.05, 4.69) is 51.6 Å². The van der Waals surface area contributed by atoms with Crippen LogP contribution in [-0.2, 0) is 16.1 Å². The predicted octanol–water partition coefficient (Wildman–Crippen LogP) is 6.31. The van der Waals surface area contributed by atoms with E-state index in [1.807, 2.05) is 18.2 Å². The van der Waals surface area contributed by atoms with E-state index in [0.717, 1.165) is 48.0 Å². The molecule has 1 amide bonds. The standard InChI is InChI=1S/C33H40ClN3O3/c1-22-7-3-8-23(17-22)20-36-29-19-26(34)14-13-24(29)18-30(36)33(39)37-21-25-9-5-15-35-16-6-10-27(32(25)35)28(37)11-4-12-31(38)40-2/h3,7-8,13-14,17-19,25,27-28,32H,4-6,9-12,15-16,20-21H2,1-2H3/t25-,27+,28+,32-/m0/s1. The minimum Gasteiger partial charge on any atom is -0.469 e. The van der Waals surface area contributed by atoms with Gasteiger partial charge in [0.2, 0.25) is 0 Å². The summed E-state index contributed by atoms with van der Waals surface area (Å²) in [5, 5.41) is 1.69. The summed E-state index contributed by atoms with van der Waals surface area (Å²) in [7, 11) is 1.45. The first kappa shape index (κ1) is 27.3. The summed E-state index contributed by atoms with van der Waals surface area (Å²) < 4.78 is 7.09. The van der Waals surface area contributed by atoms with Gasteiger partial charge < -0.3 is 14.2 Å². The van der Waals surface area contributed by atoms with Gasteiger partial charge in [-0.3, -0.25) is 14.5 Å². The van der Waals surface area contributed by atoms with Crippen molar-refractivity contribution in [3.05, 3.63) is 70.4 Å². The zero-order chi connectivity index (χ0) is 27.8. The van der Waals surface area contributed by atoms with Crippen LogP contribution in [0.4, 0.5) is 0 Å². The zero-order valence-electron chi connectivity index (χ0n) is 23.7. The first-order valence-corrected chi connectivity index (χ1v) is 15.3. The minimum atomic E-state index is -0.176. The van der Waals surface area contributed by atoms with Gasteiger partial charge in [-0.25, -0.2) is 0 Å². The number of halogens is 1. The molecule has 3 aliphatic heterocycles. The van der Waals surface area contributed by atoms with Gasteiger partial charge >= 0.3 is 5.97 Å². The second kappa shape index (κ2) is 11.6. The van der Waals surface area contributed by atoms with Crippen molar-refractivity contribution in [1.29, 1.82) is 0 Å². The largest absolute Gasteiger partial charge is 0.469 e. The van der Waals surface area contributed by atoms with Gasteiger partial charge in [0.25, 0.3) is 5.91 Å². The van der Waals surface area contributed by atoms with Gasteiger partial charge in [0, 0.05) is 42.0 Å². The van der Waals surface area contributed by atoms with E-state index >= 15 is 0 Å². The fourth-order valence-electron chi connectivity index (χ4n) is 7.87. The van der Waals surface area contributed by atoms with Crippen LogP contribution in [0.25, 0.3) is 10.9 Å². The van der Waals surface area contributed by atoms with Crippen LogP contribution in [-0.4, -0.2) is 65.1 Å². The van der Waals surface area contributed by atoms with Crippen molar-refractivity contribution >= 4 is 34.4 Å². The first-order chi connectivity index (χ1) is 19.4. The second-order valence-corrected chi connectivity index (χ2v) is 12.5. The summed E-state index contributed by atoms with van der Waals surface area (Å²) in [6, 6.07) is 17.1. The molecule has 40 heavy (non-hydrogen) atoms. The Balaban J connectivity index is 1.38. The number of hydrogen-bond donors (Lipinski definition) is 0. The number of likely N-dealkylation sites (tertiary alicyclic amines) is 1. The second-order valence-electron chi connectivity index (χ2n) is 12.0. The number of carbonyl (C=O) groups excluding carboxylic acids is 2. The summed E-state index contributed by atoms with van der Waals surface area (Å²) in [6.07, 6.45) is 6.66. The minimum absolute atomic E-state index is 0.101. The lowest BCUT2D eigenvalue weighted by molar-refractivity contribution is -0.140. The van der Waals surface area contributed by atoms with E-state index in [4.69, 9.17) is 16.3 Å². The average Bonchev–Trinajstić information content (AvgIpc) is 3.30. The number of fused-ring (bicyclic) bond motifs is 1. The number of aromatic nitrogens is 1. The molecule has 4 heterocycles. The molecular weight excluding hydrogens is 522 g/mol. The van der Waals surface area contributed by atoms with E-state index in [0.29, 0.717) is 35.9 Å². The lowest BCUT2D eigenvalue weighted by Gasteiger charge is -2.57. The molecule has 212 valence electrons. The topological polar surface area (TPSA) is 54.8 Å². The molecule has 4 atom stereocenters. The third-order valence-corrected chi connectivity index (χ3v) is 9.79. The number of nitrogens with zero attached hydrogens (tertiary/aromatic N) is 3. The number of rotatable bonds is 7. The highest BCUT2D eigenvalue weighted by molar-refractivity contribution is 6.31. The molecule has 0 aliphatic carbocycles. The highest BCUT2D eigenvalue weighted by Gasteiger charge is 2.49. The van der Waals surface area contributed by atoms with Crippen molar-refractivity contribution < 1.29 is 14.3 Å². The molecule has 0 saturated carbocycles. The van der Waals surface area contributed by atoms with E-state index in [9.17, 15) is 9.59 Å². The van der Waals surface area contributed by atoms with E-state index in [-0.39, 0.29) is 17.9 Å². The van der Waals surface area contributed by atoms with E-state index in [1.165, 1.54) is 45.0 Å². The van der Waals surface area contributed by atoms with Crippen LogP contribution in [0.2, 0.25) is 5.02 Å². The molecule has 6 rings (SSSR count).